The minimum atomic E-state index is -5.92. The SMILES string of the molecule is CC1(C(O)OCOCCC2CCC3CCCC2C3)CC2CCC(OC(=O)C(F)(F)S(=O)(=O)O)C(C2)C1. The van der Waals surface area contributed by atoms with Crippen molar-refractivity contribution < 1.29 is 45.9 Å². The van der Waals surface area contributed by atoms with Crippen molar-refractivity contribution in [2.24, 2.45) is 35.0 Å². The minimum absolute atomic E-state index is 0.0366. The lowest BCUT2D eigenvalue weighted by Crippen LogP contribution is -2.49. The number of carbonyl (C=O) groups excluding carboxylic acids is 1. The van der Waals surface area contributed by atoms with E-state index < -0.39 is 39.2 Å². The number of rotatable bonds is 10. The second-order valence-electron chi connectivity index (χ2n) is 11.9. The number of carbonyl (C=O) groups is 1. The predicted octanol–water partition coefficient (Wildman–Crippen LogP) is 4.51. The second kappa shape index (κ2) is 11.1. The highest BCUT2D eigenvalue weighted by Crippen LogP contribution is 2.51. The van der Waals surface area contributed by atoms with Crippen LogP contribution in [0.1, 0.15) is 84.0 Å². The molecule has 4 fully saturated rings. The van der Waals surface area contributed by atoms with E-state index in [1.54, 1.807) is 0 Å². The molecule has 0 radical (unpaired) electrons. The first-order valence-corrected chi connectivity index (χ1v) is 14.8. The van der Waals surface area contributed by atoms with E-state index in [0.717, 1.165) is 18.3 Å². The molecule has 4 bridgehead atoms. The second-order valence-corrected chi connectivity index (χ2v) is 13.4. The number of esters is 1. The summed E-state index contributed by atoms with van der Waals surface area (Å²) in [5.41, 5.74) is -0.686. The molecule has 2 N–H and O–H groups in total. The van der Waals surface area contributed by atoms with E-state index in [1.807, 2.05) is 6.92 Å². The summed E-state index contributed by atoms with van der Waals surface area (Å²) in [7, 11) is -5.92. The molecule has 36 heavy (non-hydrogen) atoms. The highest BCUT2D eigenvalue weighted by molar-refractivity contribution is 7.87. The Bertz CT molecular complexity index is 883. The third-order valence-electron chi connectivity index (χ3n) is 9.30. The van der Waals surface area contributed by atoms with Crippen LogP contribution in [0.25, 0.3) is 0 Å². The molecule has 0 aromatic carbocycles. The van der Waals surface area contributed by atoms with Gasteiger partial charge in [-0.1, -0.05) is 32.6 Å². The maximum Gasteiger partial charge on any atom is 0.465 e. The topological polar surface area (TPSA) is 119 Å². The number of hydrogen-bond acceptors (Lipinski definition) is 7. The molecular weight excluding hydrogens is 498 g/mol. The molecule has 8 unspecified atom stereocenters. The lowest BCUT2D eigenvalue weighted by Gasteiger charge is -2.49. The number of aliphatic hydroxyl groups excluding tert-OH is 1. The summed E-state index contributed by atoms with van der Waals surface area (Å²) in [5.74, 6) is 0.0382. The van der Waals surface area contributed by atoms with Crippen LogP contribution >= 0.6 is 0 Å². The van der Waals surface area contributed by atoms with Crippen molar-refractivity contribution in [2.45, 2.75) is 102 Å². The maximum absolute atomic E-state index is 13.7. The predicted molar refractivity (Wildman–Crippen MR) is 125 cm³/mol. The van der Waals surface area contributed by atoms with Crippen molar-refractivity contribution in [1.82, 2.24) is 0 Å². The number of alkyl halides is 2. The smallest absolute Gasteiger partial charge is 0.457 e. The molecular formula is C25H40F2O8S. The molecule has 0 spiro atoms. The van der Waals surface area contributed by atoms with Crippen LogP contribution in [0.3, 0.4) is 0 Å². The van der Waals surface area contributed by atoms with Crippen LogP contribution in [0.15, 0.2) is 0 Å². The first kappa shape index (κ1) is 28.1. The highest BCUT2D eigenvalue weighted by atomic mass is 32.2. The summed E-state index contributed by atoms with van der Waals surface area (Å²) in [6.07, 6.45) is 9.51. The van der Waals surface area contributed by atoms with Crippen LogP contribution in [0.2, 0.25) is 0 Å². The molecule has 0 aromatic heterocycles. The van der Waals surface area contributed by atoms with Gasteiger partial charge in [0.1, 0.15) is 12.9 Å². The summed E-state index contributed by atoms with van der Waals surface area (Å²) >= 11 is 0. The van der Waals surface area contributed by atoms with Crippen LogP contribution < -0.4 is 0 Å². The fourth-order valence-electron chi connectivity index (χ4n) is 7.44. The fraction of sp³-hybridized carbons (Fsp3) is 0.960. The summed E-state index contributed by atoms with van der Waals surface area (Å²) < 4.78 is 74.0. The minimum Gasteiger partial charge on any atom is -0.457 e. The Labute approximate surface area is 212 Å². The van der Waals surface area contributed by atoms with Crippen molar-refractivity contribution in [3.05, 3.63) is 0 Å². The quantitative estimate of drug-likeness (QED) is 0.180. The number of ether oxygens (including phenoxy) is 3. The molecule has 0 saturated heterocycles. The average Bonchev–Trinajstić information content (AvgIpc) is 2.81. The van der Waals surface area contributed by atoms with Gasteiger partial charge in [-0.2, -0.15) is 17.2 Å². The van der Waals surface area contributed by atoms with Gasteiger partial charge in [0.2, 0.25) is 0 Å². The molecule has 0 aliphatic heterocycles. The Morgan fingerprint density at radius 3 is 2.53 bits per heavy atom. The summed E-state index contributed by atoms with van der Waals surface area (Å²) in [5, 5.41) is 5.80. The molecule has 0 aromatic rings. The van der Waals surface area contributed by atoms with Gasteiger partial charge in [-0.3, -0.25) is 4.55 Å². The van der Waals surface area contributed by atoms with Crippen LogP contribution in [-0.2, 0) is 29.1 Å². The van der Waals surface area contributed by atoms with E-state index in [-0.39, 0.29) is 18.6 Å². The van der Waals surface area contributed by atoms with Crippen molar-refractivity contribution in [1.29, 1.82) is 0 Å². The van der Waals surface area contributed by atoms with Gasteiger partial charge in [0.15, 0.2) is 6.29 Å². The Kier molecular flexibility index (Phi) is 8.66. The van der Waals surface area contributed by atoms with E-state index in [9.17, 15) is 27.1 Å². The molecule has 208 valence electrons. The van der Waals surface area contributed by atoms with Gasteiger partial charge in [0.05, 0.1) is 0 Å². The van der Waals surface area contributed by atoms with Gasteiger partial charge in [-0.05, 0) is 81.0 Å². The van der Waals surface area contributed by atoms with E-state index in [0.29, 0.717) is 44.6 Å². The standard InChI is InChI=1S/C25H40F2O8S/c1-24(22(28)34-15-33-10-9-18-7-5-16-3-2-4-19(18)11-16)13-17-6-8-21(20(12-17)14-24)35-23(29)25(26,27)36(30,31)32/h16-22,28H,2-15H2,1H3,(H,30,31,32). The third kappa shape index (κ3) is 6.22. The molecule has 4 aliphatic carbocycles. The summed E-state index contributed by atoms with van der Waals surface area (Å²) in [6, 6.07) is 0. The first-order valence-electron chi connectivity index (χ1n) is 13.3. The Morgan fingerprint density at radius 2 is 1.78 bits per heavy atom. The number of hydrogen-bond donors (Lipinski definition) is 2. The van der Waals surface area contributed by atoms with Crippen LogP contribution in [-0.4, -0.2) is 55.1 Å². The highest BCUT2D eigenvalue weighted by Gasteiger charge is 2.56. The molecule has 0 amide bonds. The van der Waals surface area contributed by atoms with Gasteiger partial charge in [-0.15, -0.1) is 0 Å². The van der Waals surface area contributed by atoms with Gasteiger partial charge < -0.3 is 19.3 Å². The van der Waals surface area contributed by atoms with Crippen molar-refractivity contribution >= 4 is 16.1 Å². The van der Waals surface area contributed by atoms with E-state index in [1.165, 1.54) is 38.5 Å². The fourth-order valence-corrected chi connectivity index (χ4v) is 7.70. The lowest BCUT2D eigenvalue weighted by molar-refractivity contribution is -0.237. The number of halogens is 2. The zero-order valence-corrected chi connectivity index (χ0v) is 21.8. The molecule has 8 nitrogen and oxygen atoms in total. The van der Waals surface area contributed by atoms with Crippen molar-refractivity contribution in [2.75, 3.05) is 13.4 Å². The van der Waals surface area contributed by atoms with Gasteiger partial charge in [-0.25, -0.2) is 4.79 Å². The Hall–Kier alpha value is -0.880. The lowest BCUT2D eigenvalue weighted by atomic mass is 9.60. The van der Waals surface area contributed by atoms with E-state index >= 15 is 0 Å². The third-order valence-corrected chi connectivity index (χ3v) is 10.1. The molecule has 4 rings (SSSR count). The molecule has 8 atom stereocenters. The number of fused-ring (bicyclic) bond motifs is 4. The van der Waals surface area contributed by atoms with E-state index in [4.69, 9.17) is 18.8 Å². The molecule has 0 heterocycles. The zero-order valence-electron chi connectivity index (χ0n) is 20.9. The van der Waals surface area contributed by atoms with Gasteiger partial charge >= 0.3 is 21.3 Å². The molecule has 4 aliphatic rings. The largest absolute Gasteiger partial charge is 0.465 e. The van der Waals surface area contributed by atoms with Crippen LogP contribution in [0.4, 0.5) is 8.78 Å². The summed E-state index contributed by atoms with van der Waals surface area (Å²) in [4.78, 5) is 11.8. The van der Waals surface area contributed by atoms with E-state index in [2.05, 4.69) is 0 Å². The average molecular weight is 539 g/mol. The first-order chi connectivity index (χ1) is 16.9. The van der Waals surface area contributed by atoms with Gasteiger partial charge in [0.25, 0.3) is 0 Å². The Morgan fingerprint density at radius 1 is 1.06 bits per heavy atom. The molecule has 4 saturated carbocycles. The zero-order chi connectivity index (χ0) is 26.1. The normalized spacial score (nSPS) is 37.8. The van der Waals surface area contributed by atoms with Crippen molar-refractivity contribution in [3.63, 3.8) is 0 Å². The van der Waals surface area contributed by atoms with Crippen molar-refractivity contribution in [3.8, 4) is 0 Å². The van der Waals surface area contributed by atoms with Gasteiger partial charge in [0, 0.05) is 12.0 Å². The monoisotopic (exact) mass is 538 g/mol. The van der Waals surface area contributed by atoms with Crippen LogP contribution in [0, 0.1) is 35.0 Å². The number of aliphatic hydroxyl groups is 1. The maximum atomic E-state index is 13.7. The Balaban J connectivity index is 1.23. The summed E-state index contributed by atoms with van der Waals surface area (Å²) in [6.45, 7) is 2.40. The van der Waals surface area contributed by atoms with Crippen LogP contribution in [0.5, 0.6) is 0 Å². The molecule has 11 heteroatoms.